The number of ether oxygens (including phenoxy) is 1. The number of hydrogen-bond donors (Lipinski definition) is 0. The lowest BCUT2D eigenvalue weighted by atomic mass is 10.2. The van der Waals surface area contributed by atoms with E-state index in [2.05, 4.69) is 8.92 Å². The summed E-state index contributed by atoms with van der Waals surface area (Å²) in [7, 11) is -4.75. The monoisotopic (exact) mass is 291 g/mol. The molecule has 1 unspecified atom stereocenters. The molecule has 1 atom stereocenters. The lowest BCUT2D eigenvalue weighted by molar-refractivity contribution is -0.168. The maximum absolute atomic E-state index is 12.6. The average Bonchev–Trinajstić information content (AvgIpc) is 2.36. The number of carbonyl (C=O) groups is 1. The number of carbonyl (C=O) groups excluding carboxylic acids is 1. The summed E-state index contributed by atoms with van der Waals surface area (Å²) >= 11 is 0. The van der Waals surface area contributed by atoms with Crippen molar-refractivity contribution < 1.29 is 35.3 Å². The van der Waals surface area contributed by atoms with Crippen molar-refractivity contribution in [1.82, 2.24) is 4.31 Å². The number of amides is 1. The molecule has 10 heteroatoms. The van der Waals surface area contributed by atoms with Crippen molar-refractivity contribution in [3.63, 3.8) is 0 Å². The molecule has 18 heavy (non-hydrogen) atoms. The predicted octanol–water partition coefficient (Wildman–Crippen LogP) is 1.43. The van der Waals surface area contributed by atoms with Crippen LogP contribution in [0.4, 0.5) is 18.0 Å². The molecule has 1 aliphatic heterocycles. The molecule has 1 heterocycles. The summed E-state index contributed by atoms with van der Waals surface area (Å²) in [6.45, 7) is 3.04. The van der Waals surface area contributed by atoms with Gasteiger partial charge in [-0.25, -0.2) is 4.79 Å². The van der Waals surface area contributed by atoms with Gasteiger partial charge in [0.15, 0.2) is 6.04 Å². The molecule has 0 aromatic heterocycles. The van der Waals surface area contributed by atoms with Crippen LogP contribution in [0.5, 0.6) is 0 Å². The van der Waals surface area contributed by atoms with Crippen LogP contribution in [0.1, 0.15) is 20.8 Å². The highest BCUT2D eigenvalue weighted by Crippen LogP contribution is 2.33. The third kappa shape index (κ3) is 3.25. The Kier molecular flexibility index (Phi) is 3.56. The van der Waals surface area contributed by atoms with E-state index in [9.17, 15) is 26.4 Å². The van der Waals surface area contributed by atoms with Gasteiger partial charge in [0.2, 0.25) is 0 Å². The third-order valence-electron chi connectivity index (χ3n) is 1.85. The first-order valence-electron chi connectivity index (χ1n) is 4.83. The number of nitrogens with zero attached hydrogens (tertiary/aromatic N) is 1. The molecule has 1 aliphatic rings. The summed E-state index contributed by atoms with van der Waals surface area (Å²) < 4.78 is 68.4. The van der Waals surface area contributed by atoms with E-state index in [4.69, 9.17) is 0 Å². The molecule has 0 bridgehead atoms. The molecule has 1 rings (SSSR count). The lowest BCUT2D eigenvalue weighted by Crippen LogP contribution is -2.49. The fourth-order valence-corrected chi connectivity index (χ4v) is 2.31. The van der Waals surface area contributed by atoms with Gasteiger partial charge in [0.05, 0.1) is 6.61 Å². The molecule has 0 aromatic carbocycles. The van der Waals surface area contributed by atoms with E-state index < -0.39 is 45.1 Å². The van der Waals surface area contributed by atoms with Crippen LogP contribution in [0.2, 0.25) is 0 Å². The zero-order valence-corrected chi connectivity index (χ0v) is 10.6. The first kappa shape index (κ1) is 15.0. The van der Waals surface area contributed by atoms with Crippen LogP contribution in [0.3, 0.4) is 0 Å². The Morgan fingerprint density at radius 1 is 1.33 bits per heavy atom. The van der Waals surface area contributed by atoms with Gasteiger partial charge in [-0.05, 0) is 20.8 Å². The topological polar surface area (TPSA) is 72.9 Å². The maximum Gasteiger partial charge on any atom is 0.426 e. The summed E-state index contributed by atoms with van der Waals surface area (Å²) in [6.07, 6.45) is -6.53. The van der Waals surface area contributed by atoms with E-state index in [0.29, 0.717) is 0 Å². The maximum atomic E-state index is 12.6. The van der Waals surface area contributed by atoms with Gasteiger partial charge in [0.1, 0.15) is 5.60 Å². The number of rotatable bonds is 0. The molecular formula is C8H12F3NO5S. The van der Waals surface area contributed by atoms with Crippen LogP contribution in [0.15, 0.2) is 0 Å². The summed E-state index contributed by atoms with van der Waals surface area (Å²) in [5.74, 6) is 0. The molecule has 0 saturated carbocycles. The Morgan fingerprint density at radius 3 is 2.22 bits per heavy atom. The fourth-order valence-electron chi connectivity index (χ4n) is 1.18. The smallest absolute Gasteiger partial charge is 0.426 e. The van der Waals surface area contributed by atoms with Crippen LogP contribution in [-0.4, -0.2) is 43.2 Å². The van der Waals surface area contributed by atoms with Gasteiger partial charge in [0.25, 0.3) is 0 Å². The molecule has 0 spiro atoms. The van der Waals surface area contributed by atoms with Gasteiger partial charge in [-0.2, -0.15) is 25.9 Å². The zero-order valence-electron chi connectivity index (χ0n) is 9.82. The van der Waals surface area contributed by atoms with E-state index in [1.165, 1.54) is 20.8 Å². The molecule has 0 radical (unpaired) electrons. The standard InChI is InChI=1S/C8H12F3NO5S/c1-7(2,3)17-6(13)12-5(8(9,10)11)4-16-18(12,14)15/h5H,4H2,1-3H3. The van der Waals surface area contributed by atoms with Gasteiger partial charge in [-0.1, -0.05) is 0 Å². The van der Waals surface area contributed by atoms with Crippen molar-refractivity contribution in [2.24, 2.45) is 0 Å². The van der Waals surface area contributed by atoms with Crippen LogP contribution >= 0.6 is 0 Å². The molecule has 1 saturated heterocycles. The van der Waals surface area contributed by atoms with Crippen molar-refractivity contribution in [2.75, 3.05) is 6.61 Å². The molecule has 106 valence electrons. The minimum Gasteiger partial charge on any atom is -0.443 e. The summed E-state index contributed by atoms with van der Waals surface area (Å²) in [4.78, 5) is 11.5. The molecule has 0 aromatic rings. The second kappa shape index (κ2) is 4.26. The molecule has 1 amide bonds. The first-order valence-corrected chi connectivity index (χ1v) is 6.19. The fraction of sp³-hybridized carbons (Fsp3) is 0.875. The highest BCUT2D eigenvalue weighted by Gasteiger charge is 2.57. The highest BCUT2D eigenvalue weighted by molar-refractivity contribution is 7.85. The Hall–Kier alpha value is -1.03. The van der Waals surface area contributed by atoms with Gasteiger partial charge >= 0.3 is 22.6 Å². The van der Waals surface area contributed by atoms with Gasteiger partial charge < -0.3 is 4.74 Å². The SMILES string of the molecule is CC(C)(C)OC(=O)N1C(C(F)(F)F)COS1(=O)=O. The van der Waals surface area contributed by atoms with E-state index in [1.54, 1.807) is 0 Å². The number of alkyl halides is 3. The van der Waals surface area contributed by atoms with Gasteiger partial charge in [-0.3, -0.25) is 4.18 Å². The minimum absolute atomic E-state index is 0.418. The summed E-state index contributed by atoms with van der Waals surface area (Å²) in [6, 6.07) is -2.56. The minimum atomic E-state index is -4.92. The zero-order chi connectivity index (χ0) is 14.4. The molecule has 1 fully saturated rings. The molecular weight excluding hydrogens is 279 g/mol. The lowest BCUT2D eigenvalue weighted by Gasteiger charge is -2.26. The largest absolute Gasteiger partial charge is 0.443 e. The summed E-state index contributed by atoms with van der Waals surface area (Å²) in [5.41, 5.74) is -1.12. The van der Waals surface area contributed by atoms with Crippen LogP contribution in [-0.2, 0) is 19.2 Å². The Balaban J connectivity index is 3.04. The molecule has 0 N–H and O–H groups in total. The van der Waals surface area contributed by atoms with Crippen molar-refractivity contribution in [3.8, 4) is 0 Å². The third-order valence-corrected chi connectivity index (χ3v) is 3.17. The Morgan fingerprint density at radius 2 is 1.83 bits per heavy atom. The van der Waals surface area contributed by atoms with Crippen LogP contribution in [0, 0.1) is 0 Å². The van der Waals surface area contributed by atoms with Crippen molar-refractivity contribution >= 4 is 16.4 Å². The molecule has 6 nitrogen and oxygen atoms in total. The van der Waals surface area contributed by atoms with E-state index in [1.807, 2.05) is 0 Å². The van der Waals surface area contributed by atoms with Crippen molar-refractivity contribution in [1.29, 1.82) is 0 Å². The highest BCUT2D eigenvalue weighted by atomic mass is 32.2. The van der Waals surface area contributed by atoms with E-state index in [-0.39, 0.29) is 0 Å². The average molecular weight is 291 g/mol. The van der Waals surface area contributed by atoms with Crippen LogP contribution in [0.25, 0.3) is 0 Å². The molecule has 0 aliphatic carbocycles. The van der Waals surface area contributed by atoms with Crippen LogP contribution < -0.4 is 0 Å². The first-order chi connectivity index (χ1) is 7.84. The van der Waals surface area contributed by atoms with Crippen molar-refractivity contribution in [2.45, 2.75) is 38.6 Å². The second-order valence-corrected chi connectivity index (χ2v) is 6.06. The summed E-state index contributed by atoms with van der Waals surface area (Å²) in [5, 5.41) is 0. The second-order valence-electron chi connectivity index (χ2n) is 4.58. The predicted molar refractivity (Wildman–Crippen MR) is 52.8 cm³/mol. The number of hydrogen-bond acceptors (Lipinski definition) is 5. The van der Waals surface area contributed by atoms with Gasteiger partial charge in [0, 0.05) is 0 Å². The van der Waals surface area contributed by atoms with E-state index >= 15 is 0 Å². The van der Waals surface area contributed by atoms with Gasteiger partial charge in [-0.15, -0.1) is 0 Å². The normalized spacial score (nSPS) is 24.1. The Labute approximate surface area is 102 Å². The van der Waals surface area contributed by atoms with Crippen molar-refractivity contribution in [3.05, 3.63) is 0 Å². The van der Waals surface area contributed by atoms with E-state index in [0.717, 1.165) is 0 Å². The Bertz CT molecular complexity index is 439. The number of halogens is 3. The quantitative estimate of drug-likeness (QED) is 0.675.